The van der Waals surface area contributed by atoms with Gasteiger partial charge in [-0.15, -0.1) is 0 Å². The van der Waals surface area contributed by atoms with Crippen molar-refractivity contribution in [3.8, 4) is 0 Å². The molecule has 16 heavy (non-hydrogen) atoms. The van der Waals surface area contributed by atoms with Gasteiger partial charge in [0.15, 0.2) is 0 Å². The van der Waals surface area contributed by atoms with Gasteiger partial charge in [0.25, 0.3) is 0 Å². The molecule has 0 fully saturated rings. The molecule has 0 atom stereocenters. The van der Waals surface area contributed by atoms with Gasteiger partial charge in [-0.2, -0.15) is 0 Å². The van der Waals surface area contributed by atoms with Crippen LogP contribution in [0.3, 0.4) is 0 Å². The molecule has 0 saturated heterocycles. The topological polar surface area (TPSA) is 41.6 Å². The van der Waals surface area contributed by atoms with Crippen molar-refractivity contribution in [2.24, 2.45) is 0 Å². The van der Waals surface area contributed by atoms with Crippen LogP contribution in [0.25, 0.3) is 0 Å². The molecular formula is C12H26N2O2. The standard InChI is InChI=1S/C12H26N2O2/c1-10(2)13-7-6-8-16-9-12(15)14(5)11(3)4/h10-11,13H,6-9H2,1-5H3. The third-order valence-electron chi connectivity index (χ3n) is 2.41. The lowest BCUT2D eigenvalue weighted by Gasteiger charge is -2.21. The van der Waals surface area contributed by atoms with E-state index in [0.717, 1.165) is 13.0 Å². The van der Waals surface area contributed by atoms with Gasteiger partial charge in [-0.1, -0.05) is 13.8 Å². The molecule has 0 bridgehead atoms. The van der Waals surface area contributed by atoms with Crippen LogP contribution in [0.5, 0.6) is 0 Å². The van der Waals surface area contributed by atoms with E-state index in [4.69, 9.17) is 4.74 Å². The van der Waals surface area contributed by atoms with Crippen molar-refractivity contribution in [2.45, 2.75) is 46.2 Å². The number of nitrogens with zero attached hydrogens (tertiary/aromatic N) is 1. The molecule has 0 saturated carbocycles. The molecule has 0 aromatic rings. The second-order valence-corrected chi connectivity index (χ2v) is 4.61. The van der Waals surface area contributed by atoms with Crippen molar-refractivity contribution >= 4 is 5.91 Å². The molecular weight excluding hydrogens is 204 g/mol. The molecule has 0 radical (unpaired) electrons. The van der Waals surface area contributed by atoms with Gasteiger partial charge in [0.1, 0.15) is 6.61 Å². The lowest BCUT2D eigenvalue weighted by molar-refractivity contribution is -0.136. The lowest BCUT2D eigenvalue weighted by atomic mass is 10.3. The molecule has 0 aromatic heterocycles. The first-order chi connectivity index (χ1) is 7.45. The van der Waals surface area contributed by atoms with Crippen LogP contribution in [0.4, 0.5) is 0 Å². The van der Waals surface area contributed by atoms with Gasteiger partial charge in [0, 0.05) is 25.7 Å². The Bertz CT molecular complexity index is 193. The summed E-state index contributed by atoms with van der Waals surface area (Å²) in [6.07, 6.45) is 0.941. The molecule has 0 heterocycles. The molecule has 0 unspecified atom stereocenters. The summed E-state index contributed by atoms with van der Waals surface area (Å²) in [7, 11) is 1.80. The maximum atomic E-state index is 11.5. The number of carbonyl (C=O) groups is 1. The van der Waals surface area contributed by atoms with E-state index in [1.165, 1.54) is 0 Å². The highest BCUT2D eigenvalue weighted by Crippen LogP contribution is 1.95. The van der Waals surface area contributed by atoms with Crippen molar-refractivity contribution in [2.75, 3.05) is 26.8 Å². The third-order valence-corrected chi connectivity index (χ3v) is 2.41. The van der Waals surface area contributed by atoms with Gasteiger partial charge >= 0.3 is 0 Å². The van der Waals surface area contributed by atoms with Gasteiger partial charge in [-0.25, -0.2) is 0 Å². The molecule has 96 valence electrons. The minimum atomic E-state index is 0.0480. The van der Waals surface area contributed by atoms with E-state index in [9.17, 15) is 4.79 Å². The van der Waals surface area contributed by atoms with Crippen LogP contribution in [-0.2, 0) is 9.53 Å². The Morgan fingerprint density at radius 3 is 2.44 bits per heavy atom. The van der Waals surface area contributed by atoms with E-state index in [0.29, 0.717) is 12.6 Å². The fourth-order valence-electron chi connectivity index (χ4n) is 1.11. The van der Waals surface area contributed by atoms with E-state index in [-0.39, 0.29) is 18.6 Å². The number of amides is 1. The monoisotopic (exact) mass is 230 g/mol. The minimum Gasteiger partial charge on any atom is -0.372 e. The summed E-state index contributed by atoms with van der Waals surface area (Å²) in [5.74, 6) is 0.0480. The van der Waals surface area contributed by atoms with Crippen molar-refractivity contribution in [3.05, 3.63) is 0 Å². The summed E-state index contributed by atoms with van der Waals surface area (Å²) >= 11 is 0. The number of nitrogens with one attached hydrogen (secondary N) is 1. The van der Waals surface area contributed by atoms with Gasteiger partial charge in [-0.3, -0.25) is 4.79 Å². The molecule has 0 aliphatic carbocycles. The van der Waals surface area contributed by atoms with Crippen LogP contribution in [-0.4, -0.2) is 49.7 Å². The third kappa shape index (κ3) is 7.65. The van der Waals surface area contributed by atoms with Crippen LogP contribution in [0.2, 0.25) is 0 Å². The van der Waals surface area contributed by atoms with Crippen LogP contribution >= 0.6 is 0 Å². The Kier molecular flexibility index (Phi) is 8.21. The number of hydrogen-bond donors (Lipinski definition) is 1. The quantitative estimate of drug-likeness (QED) is 0.638. The van der Waals surface area contributed by atoms with E-state index < -0.39 is 0 Å². The predicted octanol–water partition coefficient (Wildman–Crippen LogP) is 1.26. The van der Waals surface area contributed by atoms with Crippen molar-refractivity contribution in [1.29, 1.82) is 0 Å². The summed E-state index contributed by atoms with van der Waals surface area (Å²) in [5.41, 5.74) is 0. The highest BCUT2D eigenvalue weighted by molar-refractivity contribution is 5.77. The average molecular weight is 230 g/mol. The summed E-state index contributed by atoms with van der Waals surface area (Å²) in [6.45, 7) is 9.97. The predicted molar refractivity (Wildman–Crippen MR) is 66.5 cm³/mol. The number of likely N-dealkylation sites (N-methyl/N-ethyl adjacent to an activating group) is 1. The van der Waals surface area contributed by atoms with Crippen molar-refractivity contribution in [1.82, 2.24) is 10.2 Å². The molecule has 0 aliphatic heterocycles. The zero-order valence-corrected chi connectivity index (χ0v) is 11.2. The number of rotatable bonds is 8. The minimum absolute atomic E-state index is 0.0480. The van der Waals surface area contributed by atoms with Crippen LogP contribution < -0.4 is 5.32 Å². The average Bonchev–Trinajstić information content (AvgIpc) is 2.21. The first-order valence-corrected chi connectivity index (χ1v) is 6.02. The largest absolute Gasteiger partial charge is 0.372 e. The normalized spacial score (nSPS) is 11.2. The molecule has 0 rings (SSSR count). The smallest absolute Gasteiger partial charge is 0.248 e. The molecule has 4 heteroatoms. The molecule has 1 N–H and O–H groups in total. The zero-order valence-electron chi connectivity index (χ0n) is 11.2. The Hall–Kier alpha value is -0.610. The Morgan fingerprint density at radius 1 is 1.31 bits per heavy atom. The van der Waals surface area contributed by atoms with Gasteiger partial charge in [0.2, 0.25) is 5.91 Å². The fourth-order valence-corrected chi connectivity index (χ4v) is 1.11. The molecule has 0 aromatic carbocycles. The fraction of sp³-hybridized carbons (Fsp3) is 0.917. The molecule has 4 nitrogen and oxygen atoms in total. The van der Waals surface area contributed by atoms with Crippen LogP contribution in [0.1, 0.15) is 34.1 Å². The Labute approximate surface area is 99.3 Å². The van der Waals surface area contributed by atoms with Crippen molar-refractivity contribution in [3.63, 3.8) is 0 Å². The summed E-state index contributed by atoms with van der Waals surface area (Å²) in [5, 5.41) is 3.30. The van der Waals surface area contributed by atoms with Crippen molar-refractivity contribution < 1.29 is 9.53 Å². The highest BCUT2D eigenvalue weighted by atomic mass is 16.5. The Balaban J connectivity index is 3.41. The SMILES string of the molecule is CC(C)NCCCOCC(=O)N(C)C(C)C. The highest BCUT2D eigenvalue weighted by Gasteiger charge is 2.11. The van der Waals surface area contributed by atoms with Gasteiger partial charge in [-0.05, 0) is 26.8 Å². The number of carbonyl (C=O) groups excluding carboxylic acids is 1. The second-order valence-electron chi connectivity index (χ2n) is 4.61. The number of ether oxygens (including phenoxy) is 1. The number of hydrogen-bond acceptors (Lipinski definition) is 3. The first-order valence-electron chi connectivity index (χ1n) is 6.02. The van der Waals surface area contributed by atoms with Gasteiger partial charge in [0.05, 0.1) is 0 Å². The second kappa shape index (κ2) is 8.53. The molecule has 0 aliphatic rings. The van der Waals surface area contributed by atoms with E-state index in [1.807, 2.05) is 13.8 Å². The lowest BCUT2D eigenvalue weighted by Crippen LogP contribution is -2.36. The van der Waals surface area contributed by atoms with E-state index in [1.54, 1.807) is 11.9 Å². The van der Waals surface area contributed by atoms with Gasteiger partial charge < -0.3 is 15.0 Å². The zero-order chi connectivity index (χ0) is 12.6. The van der Waals surface area contributed by atoms with Crippen LogP contribution in [0.15, 0.2) is 0 Å². The first kappa shape index (κ1) is 15.4. The van der Waals surface area contributed by atoms with E-state index in [2.05, 4.69) is 19.2 Å². The van der Waals surface area contributed by atoms with Crippen LogP contribution in [0, 0.1) is 0 Å². The van der Waals surface area contributed by atoms with E-state index >= 15 is 0 Å². The molecule has 1 amide bonds. The summed E-state index contributed by atoms with van der Waals surface area (Å²) in [4.78, 5) is 13.2. The summed E-state index contributed by atoms with van der Waals surface area (Å²) in [6, 6.07) is 0.743. The maximum Gasteiger partial charge on any atom is 0.248 e. The Morgan fingerprint density at radius 2 is 1.94 bits per heavy atom. The maximum absolute atomic E-state index is 11.5. The molecule has 0 spiro atoms. The summed E-state index contributed by atoms with van der Waals surface area (Å²) < 4.78 is 5.32.